The lowest BCUT2D eigenvalue weighted by molar-refractivity contribution is 0.475. The van der Waals surface area contributed by atoms with E-state index < -0.39 is 0 Å². The van der Waals surface area contributed by atoms with E-state index in [9.17, 15) is 5.11 Å². The van der Waals surface area contributed by atoms with Crippen LogP contribution < -0.4 is 5.73 Å². The van der Waals surface area contributed by atoms with Crippen molar-refractivity contribution in [3.05, 3.63) is 48.2 Å². The average Bonchev–Trinajstić information content (AvgIpc) is 2.39. The summed E-state index contributed by atoms with van der Waals surface area (Å²) in [6.07, 6.45) is 0. The van der Waals surface area contributed by atoms with Gasteiger partial charge in [0.05, 0.1) is 11.2 Å². The third kappa shape index (κ3) is 2.08. The van der Waals surface area contributed by atoms with Crippen LogP contribution in [0.4, 0.5) is 5.95 Å². The molecule has 0 unspecified atom stereocenters. The second kappa shape index (κ2) is 4.24. The van der Waals surface area contributed by atoms with Gasteiger partial charge in [-0.3, -0.25) is 0 Å². The number of aryl methyl sites for hydroxylation is 1. The number of aromatic nitrogens is 2. The molecule has 1 aromatic heterocycles. The fourth-order valence-corrected chi connectivity index (χ4v) is 2.14. The number of hydrogen-bond donors (Lipinski definition) is 2. The van der Waals surface area contributed by atoms with Gasteiger partial charge in [0.2, 0.25) is 5.95 Å². The Morgan fingerprint density at radius 2 is 1.63 bits per heavy atom. The van der Waals surface area contributed by atoms with E-state index >= 15 is 0 Å². The van der Waals surface area contributed by atoms with Crippen molar-refractivity contribution in [1.82, 2.24) is 9.97 Å². The van der Waals surface area contributed by atoms with Crippen molar-refractivity contribution in [2.24, 2.45) is 0 Å². The van der Waals surface area contributed by atoms with E-state index in [0.29, 0.717) is 5.95 Å². The molecule has 0 saturated heterocycles. The zero-order chi connectivity index (χ0) is 13.4. The molecule has 0 aliphatic heterocycles. The highest BCUT2D eigenvalue weighted by Crippen LogP contribution is 2.26. The lowest BCUT2D eigenvalue weighted by Gasteiger charge is -2.06. The highest BCUT2D eigenvalue weighted by molar-refractivity contribution is 5.86. The fraction of sp³-hybridized carbons (Fsp3) is 0.0667. The molecule has 0 aliphatic carbocycles. The molecule has 0 radical (unpaired) electrons. The van der Waals surface area contributed by atoms with E-state index in [-0.39, 0.29) is 5.75 Å². The molecular weight excluding hydrogens is 238 g/mol. The van der Waals surface area contributed by atoms with Crippen LogP contribution in [0.25, 0.3) is 22.0 Å². The number of rotatable bonds is 1. The first kappa shape index (κ1) is 11.5. The van der Waals surface area contributed by atoms with Gasteiger partial charge in [-0.2, -0.15) is 0 Å². The normalized spacial score (nSPS) is 10.8. The van der Waals surface area contributed by atoms with E-state index in [1.54, 1.807) is 12.1 Å². The van der Waals surface area contributed by atoms with Gasteiger partial charge >= 0.3 is 0 Å². The lowest BCUT2D eigenvalue weighted by Crippen LogP contribution is -1.97. The molecule has 19 heavy (non-hydrogen) atoms. The summed E-state index contributed by atoms with van der Waals surface area (Å²) in [7, 11) is 0. The van der Waals surface area contributed by atoms with E-state index in [1.165, 1.54) is 0 Å². The number of nitrogens with two attached hydrogens (primary N) is 1. The second-order valence-corrected chi connectivity index (χ2v) is 4.45. The Bertz CT molecular complexity index is 751. The Hall–Kier alpha value is -2.62. The molecule has 3 aromatic rings. The van der Waals surface area contributed by atoms with Gasteiger partial charge in [0.1, 0.15) is 5.75 Å². The summed E-state index contributed by atoms with van der Waals surface area (Å²) in [5, 5.41) is 10.3. The number of fused-ring (bicyclic) bond motifs is 1. The molecule has 0 atom stereocenters. The van der Waals surface area contributed by atoms with Gasteiger partial charge in [-0.05, 0) is 42.3 Å². The Morgan fingerprint density at radius 3 is 2.37 bits per heavy atom. The standard InChI is InChI=1S/C15H13N3O/c1-9-13-8-11(10-2-5-12(19)6-3-10)4-7-14(13)18-15(16)17-9/h2-8,19H,1H3,(H2,16,17,18). The zero-order valence-corrected chi connectivity index (χ0v) is 10.5. The Labute approximate surface area is 110 Å². The van der Waals surface area contributed by atoms with Crippen LogP contribution in [0.2, 0.25) is 0 Å². The molecule has 0 aliphatic rings. The Kier molecular flexibility index (Phi) is 2.56. The molecule has 0 saturated carbocycles. The van der Waals surface area contributed by atoms with E-state index in [4.69, 9.17) is 5.73 Å². The maximum absolute atomic E-state index is 9.32. The molecule has 0 amide bonds. The van der Waals surface area contributed by atoms with Crippen LogP contribution in [-0.2, 0) is 0 Å². The number of phenols is 1. The minimum Gasteiger partial charge on any atom is -0.508 e. The number of hydrogen-bond acceptors (Lipinski definition) is 4. The van der Waals surface area contributed by atoms with Gasteiger partial charge in [-0.1, -0.05) is 18.2 Å². The highest BCUT2D eigenvalue weighted by atomic mass is 16.3. The molecule has 2 aromatic carbocycles. The molecule has 3 N–H and O–H groups in total. The first-order valence-electron chi connectivity index (χ1n) is 5.97. The molecule has 3 rings (SSSR count). The lowest BCUT2D eigenvalue weighted by atomic mass is 10.0. The van der Waals surface area contributed by atoms with Gasteiger partial charge in [-0.25, -0.2) is 9.97 Å². The average molecular weight is 251 g/mol. The van der Waals surface area contributed by atoms with Crippen LogP contribution in [0.1, 0.15) is 5.69 Å². The van der Waals surface area contributed by atoms with Crippen LogP contribution in [0.15, 0.2) is 42.5 Å². The van der Waals surface area contributed by atoms with Gasteiger partial charge in [0.15, 0.2) is 0 Å². The van der Waals surface area contributed by atoms with Crippen LogP contribution in [-0.4, -0.2) is 15.1 Å². The van der Waals surface area contributed by atoms with Crippen molar-refractivity contribution in [1.29, 1.82) is 0 Å². The summed E-state index contributed by atoms with van der Waals surface area (Å²) in [5.41, 5.74) is 9.44. The fourth-order valence-electron chi connectivity index (χ4n) is 2.14. The summed E-state index contributed by atoms with van der Waals surface area (Å²) in [6, 6.07) is 13.1. The first-order valence-corrected chi connectivity index (χ1v) is 5.97. The monoisotopic (exact) mass is 251 g/mol. The molecule has 4 nitrogen and oxygen atoms in total. The van der Waals surface area contributed by atoms with Crippen molar-refractivity contribution in [3.8, 4) is 16.9 Å². The Balaban J connectivity index is 2.19. The molecule has 0 spiro atoms. The molecule has 1 heterocycles. The number of nitrogens with zero attached hydrogens (tertiary/aromatic N) is 2. The van der Waals surface area contributed by atoms with Crippen LogP contribution in [0.3, 0.4) is 0 Å². The minimum absolute atomic E-state index is 0.261. The maximum Gasteiger partial charge on any atom is 0.220 e. The van der Waals surface area contributed by atoms with Gasteiger partial charge in [-0.15, -0.1) is 0 Å². The Morgan fingerprint density at radius 1 is 0.947 bits per heavy atom. The summed E-state index contributed by atoms with van der Waals surface area (Å²) < 4.78 is 0. The molecule has 4 heteroatoms. The predicted molar refractivity (Wildman–Crippen MR) is 75.8 cm³/mol. The quantitative estimate of drug-likeness (QED) is 0.697. The largest absolute Gasteiger partial charge is 0.508 e. The third-order valence-corrected chi connectivity index (χ3v) is 3.10. The van der Waals surface area contributed by atoms with E-state index in [0.717, 1.165) is 27.7 Å². The molecule has 0 bridgehead atoms. The van der Waals surface area contributed by atoms with Crippen LogP contribution in [0, 0.1) is 6.92 Å². The summed E-state index contributed by atoms with van der Waals surface area (Å²) in [6.45, 7) is 1.92. The third-order valence-electron chi connectivity index (χ3n) is 3.10. The smallest absolute Gasteiger partial charge is 0.220 e. The number of benzene rings is 2. The number of phenolic OH excluding ortho intramolecular Hbond substituents is 1. The topological polar surface area (TPSA) is 72.0 Å². The molecule has 0 fully saturated rings. The number of aromatic hydroxyl groups is 1. The van der Waals surface area contributed by atoms with Crippen molar-refractivity contribution < 1.29 is 5.11 Å². The van der Waals surface area contributed by atoms with Gasteiger partial charge in [0.25, 0.3) is 0 Å². The van der Waals surface area contributed by atoms with Gasteiger partial charge in [0, 0.05) is 5.39 Å². The number of nitrogen functional groups attached to an aromatic ring is 1. The molecule has 94 valence electrons. The van der Waals surface area contributed by atoms with Gasteiger partial charge < -0.3 is 10.8 Å². The second-order valence-electron chi connectivity index (χ2n) is 4.45. The van der Waals surface area contributed by atoms with Crippen LogP contribution >= 0.6 is 0 Å². The van der Waals surface area contributed by atoms with E-state index in [2.05, 4.69) is 9.97 Å². The van der Waals surface area contributed by atoms with Crippen molar-refractivity contribution in [2.45, 2.75) is 6.92 Å². The highest BCUT2D eigenvalue weighted by Gasteiger charge is 2.05. The summed E-state index contributed by atoms with van der Waals surface area (Å²) in [4.78, 5) is 8.39. The number of anilines is 1. The van der Waals surface area contributed by atoms with Crippen LogP contribution in [0.5, 0.6) is 5.75 Å². The van der Waals surface area contributed by atoms with Crippen molar-refractivity contribution >= 4 is 16.9 Å². The zero-order valence-electron chi connectivity index (χ0n) is 10.5. The van der Waals surface area contributed by atoms with E-state index in [1.807, 2.05) is 37.3 Å². The van der Waals surface area contributed by atoms with Crippen molar-refractivity contribution in [2.75, 3.05) is 5.73 Å². The molecular formula is C15H13N3O. The summed E-state index contributed by atoms with van der Waals surface area (Å²) >= 11 is 0. The van der Waals surface area contributed by atoms with Crippen molar-refractivity contribution in [3.63, 3.8) is 0 Å². The minimum atomic E-state index is 0.261. The predicted octanol–water partition coefficient (Wildman–Crippen LogP) is 2.89. The maximum atomic E-state index is 9.32. The summed E-state index contributed by atoms with van der Waals surface area (Å²) in [5.74, 6) is 0.555. The first-order chi connectivity index (χ1) is 9.13. The SMILES string of the molecule is Cc1nc(N)nc2ccc(-c3ccc(O)cc3)cc12.